The summed E-state index contributed by atoms with van der Waals surface area (Å²) in [5.41, 5.74) is -4.77. The molecule has 2 rings (SSSR count). The molecule has 0 atom stereocenters. The average Bonchev–Trinajstić information content (AvgIpc) is 2.79. The molecule has 0 aliphatic heterocycles. The summed E-state index contributed by atoms with van der Waals surface area (Å²) in [7, 11) is 0. The number of aliphatic hydroxyl groups is 2. The summed E-state index contributed by atoms with van der Waals surface area (Å²) in [6, 6.07) is 1.20. The summed E-state index contributed by atoms with van der Waals surface area (Å²) in [5.74, 6) is -1.31. The molecule has 0 saturated carbocycles. The van der Waals surface area contributed by atoms with E-state index in [1.165, 1.54) is 0 Å². The Bertz CT molecular complexity index is 1010. The maximum atomic E-state index is 11.2. The van der Waals surface area contributed by atoms with Crippen LogP contribution in [0.3, 0.4) is 0 Å². The molecule has 0 unspecified atom stereocenters. The molecule has 0 saturated heterocycles. The van der Waals surface area contributed by atoms with E-state index in [1.807, 2.05) is 0 Å². The van der Waals surface area contributed by atoms with Crippen LogP contribution in [0.4, 0.5) is 22.7 Å². The highest BCUT2D eigenvalue weighted by Gasteiger charge is 2.35. The van der Waals surface area contributed by atoms with Crippen molar-refractivity contribution in [3.8, 4) is 11.8 Å². The summed E-state index contributed by atoms with van der Waals surface area (Å²) >= 11 is 0. The average molecular weight is 470 g/mol. The first-order chi connectivity index (χ1) is 15.5. The van der Waals surface area contributed by atoms with E-state index < -0.39 is 86.0 Å². The Hall–Kier alpha value is -4.58. The number of pyridine rings is 2. The molecular weight excluding hydrogens is 456 g/mol. The van der Waals surface area contributed by atoms with Crippen LogP contribution in [0.1, 0.15) is 0 Å². The van der Waals surface area contributed by atoms with E-state index >= 15 is 0 Å². The minimum Gasteiger partial charge on any atom is -0.472 e. The van der Waals surface area contributed by atoms with Crippen LogP contribution in [0.15, 0.2) is 24.5 Å². The summed E-state index contributed by atoms with van der Waals surface area (Å²) in [6.07, 6.45) is 1.39. The van der Waals surface area contributed by atoms with Crippen LogP contribution in [0.5, 0.6) is 11.8 Å². The molecule has 2 aromatic heterocycles. The zero-order valence-electron chi connectivity index (χ0n) is 16.3. The standard InChI is InChI=1S/C15H14N6O12/c22-5-15(6-23,7-32-13-11(20(28)29)1-9(3-16-13)18(24)25)8-33-14-12(21(30)31)2-10(4-17-14)19(26)27/h1-4,22-23H,5-8H2. The minimum atomic E-state index is -1.70. The van der Waals surface area contributed by atoms with Crippen LogP contribution in [-0.2, 0) is 0 Å². The van der Waals surface area contributed by atoms with Gasteiger partial charge >= 0.3 is 11.4 Å². The lowest BCUT2D eigenvalue weighted by molar-refractivity contribution is -0.395. The molecule has 0 bridgehead atoms. The number of rotatable bonds is 12. The third kappa shape index (κ3) is 5.77. The maximum Gasteiger partial charge on any atom is 0.337 e. The van der Waals surface area contributed by atoms with Crippen molar-refractivity contribution in [1.29, 1.82) is 0 Å². The van der Waals surface area contributed by atoms with Crippen LogP contribution in [0.25, 0.3) is 0 Å². The van der Waals surface area contributed by atoms with Gasteiger partial charge in [0.05, 0.1) is 38.3 Å². The van der Waals surface area contributed by atoms with Gasteiger partial charge in [0.2, 0.25) is 0 Å². The van der Waals surface area contributed by atoms with Crippen molar-refractivity contribution in [2.45, 2.75) is 0 Å². The summed E-state index contributed by atoms with van der Waals surface area (Å²) < 4.78 is 10.4. The fourth-order valence-corrected chi connectivity index (χ4v) is 2.26. The van der Waals surface area contributed by atoms with E-state index in [4.69, 9.17) is 9.47 Å². The van der Waals surface area contributed by atoms with Gasteiger partial charge in [-0.25, -0.2) is 9.97 Å². The van der Waals surface area contributed by atoms with Crippen LogP contribution in [0, 0.1) is 45.9 Å². The van der Waals surface area contributed by atoms with Gasteiger partial charge in [0.25, 0.3) is 23.1 Å². The maximum absolute atomic E-state index is 11.2. The highest BCUT2D eigenvalue weighted by molar-refractivity contribution is 5.49. The van der Waals surface area contributed by atoms with Crippen LogP contribution >= 0.6 is 0 Å². The normalized spacial score (nSPS) is 11.0. The molecule has 0 aliphatic rings. The molecule has 33 heavy (non-hydrogen) atoms. The SMILES string of the molecule is O=[N+]([O-])c1cnc(OCC(CO)(CO)COc2ncc([N+](=O)[O-])cc2[N+](=O)[O-])c([N+](=O)[O-])c1. The van der Waals surface area contributed by atoms with E-state index in [1.54, 1.807) is 0 Å². The Balaban J connectivity index is 2.25. The molecule has 0 aromatic carbocycles. The molecule has 0 amide bonds. The van der Waals surface area contributed by atoms with Crippen molar-refractivity contribution < 1.29 is 39.4 Å². The highest BCUT2D eigenvalue weighted by atomic mass is 16.6. The number of ether oxygens (including phenoxy) is 2. The number of nitro groups is 4. The number of hydrogen-bond donors (Lipinski definition) is 2. The molecule has 176 valence electrons. The first-order valence-corrected chi connectivity index (χ1v) is 8.58. The third-order valence-corrected chi connectivity index (χ3v) is 4.15. The van der Waals surface area contributed by atoms with Gasteiger partial charge in [-0.3, -0.25) is 40.5 Å². The van der Waals surface area contributed by atoms with E-state index in [2.05, 4.69) is 9.97 Å². The zero-order chi connectivity index (χ0) is 24.8. The number of hydrogen-bond acceptors (Lipinski definition) is 14. The smallest absolute Gasteiger partial charge is 0.337 e. The van der Waals surface area contributed by atoms with Crippen molar-refractivity contribution in [3.05, 3.63) is 65.0 Å². The molecule has 18 nitrogen and oxygen atoms in total. The van der Waals surface area contributed by atoms with Gasteiger partial charge in [-0.1, -0.05) is 0 Å². The molecule has 0 spiro atoms. The van der Waals surface area contributed by atoms with Crippen LogP contribution in [0.2, 0.25) is 0 Å². The molecular formula is C15H14N6O12. The lowest BCUT2D eigenvalue weighted by Crippen LogP contribution is -2.42. The zero-order valence-corrected chi connectivity index (χ0v) is 16.3. The third-order valence-electron chi connectivity index (χ3n) is 4.15. The van der Waals surface area contributed by atoms with Crippen LogP contribution in [-0.4, -0.2) is 66.3 Å². The Morgan fingerprint density at radius 3 is 1.36 bits per heavy atom. The highest BCUT2D eigenvalue weighted by Crippen LogP contribution is 2.32. The van der Waals surface area contributed by atoms with Gasteiger partial charge in [-0.2, -0.15) is 0 Å². The Morgan fingerprint density at radius 1 is 0.727 bits per heavy atom. The number of nitrogens with zero attached hydrogens (tertiary/aromatic N) is 6. The Labute approximate surface area is 181 Å². The lowest BCUT2D eigenvalue weighted by atomic mass is 9.92. The van der Waals surface area contributed by atoms with Crippen molar-refractivity contribution in [3.63, 3.8) is 0 Å². The minimum absolute atomic E-state index is 0.600. The van der Waals surface area contributed by atoms with Gasteiger partial charge in [0.15, 0.2) is 0 Å². The lowest BCUT2D eigenvalue weighted by Gasteiger charge is -2.28. The Morgan fingerprint density at radius 2 is 1.09 bits per heavy atom. The molecule has 0 fully saturated rings. The van der Waals surface area contributed by atoms with E-state index in [9.17, 15) is 50.7 Å². The fourth-order valence-electron chi connectivity index (χ4n) is 2.26. The predicted molar refractivity (Wildman–Crippen MR) is 103 cm³/mol. The monoisotopic (exact) mass is 470 g/mol. The van der Waals surface area contributed by atoms with E-state index in [0.717, 1.165) is 0 Å². The van der Waals surface area contributed by atoms with Crippen molar-refractivity contribution in [2.24, 2.45) is 5.41 Å². The van der Waals surface area contributed by atoms with Gasteiger partial charge < -0.3 is 19.7 Å². The van der Waals surface area contributed by atoms with E-state index in [-0.39, 0.29) is 0 Å². The molecule has 2 aromatic rings. The molecule has 2 N–H and O–H groups in total. The number of aromatic nitrogens is 2. The second-order valence-electron chi connectivity index (χ2n) is 6.46. The second-order valence-corrected chi connectivity index (χ2v) is 6.46. The summed E-state index contributed by atoms with van der Waals surface area (Å²) in [6.45, 7) is -3.03. The number of aliphatic hydroxyl groups excluding tert-OH is 2. The Kier molecular flexibility index (Phi) is 7.59. The largest absolute Gasteiger partial charge is 0.472 e. The van der Waals surface area contributed by atoms with Gasteiger partial charge in [0.1, 0.15) is 37.7 Å². The fraction of sp³-hybridized carbons (Fsp3) is 0.333. The molecule has 0 radical (unpaired) electrons. The van der Waals surface area contributed by atoms with Gasteiger partial charge in [-0.15, -0.1) is 0 Å². The molecule has 18 heteroatoms. The van der Waals surface area contributed by atoms with Crippen LogP contribution < -0.4 is 9.47 Å². The van der Waals surface area contributed by atoms with Crippen molar-refractivity contribution >= 4 is 22.7 Å². The molecule has 0 aliphatic carbocycles. The first-order valence-electron chi connectivity index (χ1n) is 8.58. The van der Waals surface area contributed by atoms with Crippen molar-refractivity contribution in [2.75, 3.05) is 26.4 Å². The van der Waals surface area contributed by atoms with Gasteiger partial charge in [0, 0.05) is 0 Å². The van der Waals surface area contributed by atoms with Crippen molar-refractivity contribution in [1.82, 2.24) is 9.97 Å². The molecule has 2 heterocycles. The van der Waals surface area contributed by atoms with Gasteiger partial charge in [-0.05, 0) is 0 Å². The first kappa shape index (κ1) is 24.7. The summed E-state index contributed by atoms with van der Waals surface area (Å²) in [4.78, 5) is 47.1. The predicted octanol–water partition coefficient (Wildman–Crippen LogP) is 0.538. The van der Waals surface area contributed by atoms with E-state index in [0.29, 0.717) is 24.5 Å². The summed E-state index contributed by atoms with van der Waals surface area (Å²) in [5, 5.41) is 63.3. The quantitative estimate of drug-likeness (QED) is 0.317. The topological polar surface area (TPSA) is 257 Å². The second kappa shape index (κ2) is 10.2.